The highest BCUT2D eigenvalue weighted by atomic mass is 16.5. The molecule has 2 atom stereocenters. The van der Waals surface area contributed by atoms with E-state index in [0.717, 1.165) is 29.9 Å². The summed E-state index contributed by atoms with van der Waals surface area (Å²) >= 11 is 0. The van der Waals surface area contributed by atoms with Crippen LogP contribution in [0.5, 0.6) is 11.5 Å². The first kappa shape index (κ1) is 16.8. The van der Waals surface area contributed by atoms with Gasteiger partial charge in [0.2, 0.25) is 0 Å². The highest BCUT2D eigenvalue weighted by molar-refractivity contribution is 5.47. The van der Waals surface area contributed by atoms with Crippen LogP contribution in [0.25, 0.3) is 0 Å². The summed E-state index contributed by atoms with van der Waals surface area (Å²) < 4.78 is 11.0. The van der Waals surface area contributed by atoms with Gasteiger partial charge >= 0.3 is 0 Å². The zero-order valence-electron chi connectivity index (χ0n) is 13.1. The fourth-order valence-corrected chi connectivity index (χ4v) is 2.71. The number of hydrogen-bond acceptors (Lipinski definition) is 4. The molecule has 1 aromatic rings. The van der Waals surface area contributed by atoms with E-state index < -0.39 is 0 Å². The zero-order chi connectivity index (χ0) is 15.0. The van der Waals surface area contributed by atoms with E-state index in [0.29, 0.717) is 5.92 Å². The van der Waals surface area contributed by atoms with Gasteiger partial charge in [0, 0.05) is 0 Å². The Kier molecular flexibility index (Phi) is 7.41. The van der Waals surface area contributed by atoms with Crippen LogP contribution in [0.15, 0.2) is 18.2 Å². The van der Waals surface area contributed by atoms with Crippen molar-refractivity contribution in [2.24, 2.45) is 11.8 Å². The molecule has 4 heteroatoms. The van der Waals surface area contributed by atoms with Crippen molar-refractivity contribution in [1.29, 1.82) is 0 Å². The van der Waals surface area contributed by atoms with Crippen molar-refractivity contribution in [1.82, 2.24) is 5.43 Å². The highest BCUT2D eigenvalue weighted by Crippen LogP contribution is 2.39. The van der Waals surface area contributed by atoms with Crippen LogP contribution in [-0.2, 0) is 0 Å². The fraction of sp³-hybridized carbons (Fsp3) is 0.625. The minimum absolute atomic E-state index is 0.0395. The molecule has 0 fully saturated rings. The molecule has 0 saturated carbocycles. The number of ether oxygens (including phenoxy) is 2. The first-order valence-electron chi connectivity index (χ1n) is 7.40. The van der Waals surface area contributed by atoms with Crippen molar-refractivity contribution in [3.8, 4) is 11.5 Å². The molecular formula is C16H28N2O2. The number of benzene rings is 1. The van der Waals surface area contributed by atoms with E-state index in [-0.39, 0.29) is 6.04 Å². The van der Waals surface area contributed by atoms with Gasteiger partial charge in [0.1, 0.15) is 11.5 Å². The largest absolute Gasteiger partial charge is 0.496 e. The molecule has 0 heterocycles. The number of hydrogen-bond donors (Lipinski definition) is 2. The number of nitrogens with two attached hydrogens (primary N) is 1. The quantitative estimate of drug-likeness (QED) is 0.537. The van der Waals surface area contributed by atoms with Crippen LogP contribution in [0, 0.1) is 5.92 Å². The number of nitrogens with one attached hydrogen (secondary N) is 1. The Labute approximate surface area is 122 Å². The van der Waals surface area contributed by atoms with E-state index in [1.54, 1.807) is 14.2 Å². The van der Waals surface area contributed by atoms with Gasteiger partial charge in [-0.05, 0) is 24.5 Å². The molecule has 0 spiro atoms. The summed E-state index contributed by atoms with van der Waals surface area (Å²) in [5.41, 5.74) is 3.98. The maximum atomic E-state index is 5.84. The molecule has 0 aliphatic rings. The lowest BCUT2D eigenvalue weighted by Gasteiger charge is -2.28. The summed E-state index contributed by atoms with van der Waals surface area (Å²) in [6.45, 7) is 4.41. The summed E-state index contributed by atoms with van der Waals surface area (Å²) in [6, 6.07) is 5.88. The van der Waals surface area contributed by atoms with Crippen LogP contribution in [0.3, 0.4) is 0 Å². The summed E-state index contributed by atoms with van der Waals surface area (Å²) in [4.78, 5) is 0. The van der Waals surface area contributed by atoms with Gasteiger partial charge < -0.3 is 9.47 Å². The first-order chi connectivity index (χ1) is 9.73. The van der Waals surface area contributed by atoms with Gasteiger partial charge in [0.05, 0.1) is 25.8 Å². The van der Waals surface area contributed by atoms with Gasteiger partial charge in [-0.15, -0.1) is 0 Å². The number of rotatable bonds is 9. The molecule has 114 valence electrons. The number of hydrazine groups is 1. The molecule has 4 nitrogen and oxygen atoms in total. The van der Waals surface area contributed by atoms with E-state index in [9.17, 15) is 0 Å². The second-order valence-corrected chi connectivity index (χ2v) is 5.03. The van der Waals surface area contributed by atoms with Crippen LogP contribution in [0.1, 0.15) is 51.1 Å². The molecule has 0 aromatic heterocycles. The van der Waals surface area contributed by atoms with E-state index in [1.165, 1.54) is 12.8 Å². The predicted octanol–water partition coefficient (Wildman–Crippen LogP) is 3.42. The molecule has 0 bridgehead atoms. The Balaban J connectivity index is 3.15. The average Bonchev–Trinajstić information content (AvgIpc) is 2.50. The third kappa shape index (κ3) is 3.87. The van der Waals surface area contributed by atoms with Crippen LogP contribution in [0.2, 0.25) is 0 Å². The van der Waals surface area contributed by atoms with E-state index in [4.69, 9.17) is 15.3 Å². The van der Waals surface area contributed by atoms with Crippen molar-refractivity contribution in [3.05, 3.63) is 23.8 Å². The molecule has 0 radical (unpaired) electrons. The van der Waals surface area contributed by atoms with E-state index >= 15 is 0 Å². The van der Waals surface area contributed by atoms with Gasteiger partial charge in [0.25, 0.3) is 0 Å². The maximum absolute atomic E-state index is 5.84. The monoisotopic (exact) mass is 280 g/mol. The lowest BCUT2D eigenvalue weighted by Crippen LogP contribution is -2.34. The van der Waals surface area contributed by atoms with Crippen LogP contribution < -0.4 is 20.7 Å². The third-order valence-corrected chi connectivity index (χ3v) is 3.88. The molecule has 1 aromatic carbocycles. The fourth-order valence-electron chi connectivity index (χ4n) is 2.71. The second-order valence-electron chi connectivity index (χ2n) is 5.03. The molecule has 0 amide bonds. The van der Waals surface area contributed by atoms with Crippen molar-refractivity contribution in [3.63, 3.8) is 0 Å². The Hall–Kier alpha value is -1.26. The molecule has 3 N–H and O–H groups in total. The van der Waals surface area contributed by atoms with Crippen LogP contribution >= 0.6 is 0 Å². The van der Waals surface area contributed by atoms with E-state index in [1.807, 2.05) is 18.2 Å². The molecule has 0 aliphatic heterocycles. The topological polar surface area (TPSA) is 56.5 Å². The van der Waals surface area contributed by atoms with Crippen molar-refractivity contribution >= 4 is 0 Å². The second kappa shape index (κ2) is 8.82. The smallest absolute Gasteiger partial charge is 0.127 e. The van der Waals surface area contributed by atoms with Gasteiger partial charge in [-0.2, -0.15) is 0 Å². The minimum atomic E-state index is 0.0395. The van der Waals surface area contributed by atoms with Crippen LogP contribution in [-0.4, -0.2) is 14.2 Å². The zero-order valence-corrected chi connectivity index (χ0v) is 13.1. The summed E-state index contributed by atoms with van der Waals surface area (Å²) in [5.74, 6) is 7.95. The van der Waals surface area contributed by atoms with Gasteiger partial charge in [-0.1, -0.05) is 39.2 Å². The maximum Gasteiger partial charge on any atom is 0.127 e. The summed E-state index contributed by atoms with van der Waals surface area (Å²) in [7, 11) is 3.36. The molecule has 1 rings (SSSR count). The average molecular weight is 280 g/mol. The number of methoxy groups -OCH3 is 2. The lowest BCUT2D eigenvalue weighted by molar-refractivity contribution is 0.301. The third-order valence-electron chi connectivity index (χ3n) is 3.88. The Morgan fingerprint density at radius 1 is 1.15 bits per heavy atom. The highest BCUT2D eigenvalue weighted by Gasteiger charge is 2.26. The SMILES string of the molecule is CCCCC(CC)C(NN)c1c(OC)cccc1OC. The van der Waals surface area contributed by atoms with Gasteiger partial charge in [-0.25, -0.2) is 0 Å². The predicted molar refractivity (Wildman–Crippen MR) is 82.9 cm³/mol. The Bertz CT molecular complexity index is 374. The minimum Gasteiger partial charge on any atom is -0.496 e. The Morgan fingerprint density at radius 2 is 1.75 bits per heavy atom. The first-order valence-corrected chi connectivity index (χ1v) is 7.40. The molecule has 0 aliphatic carbocycles. The van der Waals surface area contributed by atoms with Crippen molar-refractivity contribution in [2.45, 2.75) is 45.6 Å². The standard InChI is InChI=1S/C16H28N2O2/c1-5-7-9-12(6-2)16(18-17)15-13(19-3)10-8-11-14(15)20-4/h8,10-12,16,18H,5-7,9,17H2,1-4H3. The summed E-state index contributed by atoms with van der Waals surface area (Å²) in [5, 5.41) is 0. The Morgan fingerprint density at radius 3 is 2.15 bits per heavy atom. The van der Waals surface area contributed by atoms with Crippen molar-refractivity contribution < 1.29 is 9.47 Å². The number of unbranched alkanes of at least 4 members (excludes halogenated alkanes) is 1. The summed E-state index contributed by atoms with van der Waals surface area (Å²) in [6.07, 6.45) is 4.60. The van der Waals surface area contributed by atoms with Gasteiger partial charge in [-0.3, -0.25) is 11.3 Å². The van der Waals surface area contributed by atoms with E-state index in [2.05, 4.69) is 19.3 Å². The molecular weight excluding hydrogens is 252 g/mol. The lowest BCUT2D eigenvalue weighted by atomic mass is 9.86. The molecule has 20 heavy (non-hydrogen) atoms. The molecule has 2 unspecified atom stereocenters. The van der Waals surface area contributed by atoms with Crippen LogP contribution in [0.4, 0.5) is 0 Å². The molecule has 0 saturated heterocycles. The normalized spacial score (nSPS) is 13.8. The van der Waals surface area contributed by atoms with Crippen molar-refractivity contribution in [2.75, 3.05) is 14.2 Å². The van der Waals surface area contributed by atoms with Gasteiger partial charge in [0.15, 0.2) is 0 Å².